The van der Waals surface area contributed by atoms with Gasteiger partial charge in [0.1, 0.15) is 11.0 Å². The van der Waals surface area contributed by atoms with Gasteiger partial charge in [-0.2, -0.15) is 0 Å². The van der Waals surface area contributed by atoms with Crippen LogP contribution in [-0.2, 0) is 5.60 Å². The Kier molecular flexibility index (Phi) is 2.35. The average Bonchev–Trinajstić information content (AvgIpc) is 1.92. The van der Waals surface area contributed by atoms with Gasteiger partial charge in [-0.15, -0.1) is 0 Å². The van der Waals surface area contributed by atoms with Crippen LogP contribution in [0.25, 0.3) is 0 Å². The lowest BCUT2D eigenvalue weighted by molar-refractivity contribution is 0.0779. The lowest BCUT2D eigenvalue weighted by atomic mass is 10.0. The number of nitrogens with zero attached hydrogens (tertiary/aromatic N) is 1. The highest BCUT2D eigenvalue weighted by Gasteiger charge is 2.20. The molecule has 0 spiro atoms. The zero-order valence-electron chi connectivity index (χ0n) is 6.81. The van der Waals surface area contributed by atoms with E-state index in [1.807, 2.05) is 0 Å². The third-order valence-electron chi connectivity index (χ3n) is 1.46. The Labute approximate surface area is 75.0 Å². The van der Waals surface area contributed by atoms with Crippen molar-refractivity contribution in [3.63, 3.8) is 0 Å². The number of hydrogen-bond acceptors (Lipinski definition) is 2. The normalized spacial score (nSPS) is 11.8. The summed E-state index contributed by atoms with van der Waals surface area (Å²) >= 11 is 5.64. The van der Waals surface area contributed by atoms with Crippen molar-refractivity contribution in [1.82, 2.24) is 4.98 Å². The number of aliphatic hydroxyl groups is 1. The summed E-state index contributed by atoms with van der Waals surface area (Å²) in [6.45, 7) is 3.05. The van der Waals surface area contributed by atoms with Gasteiger partial charge in [-0.25, -0.2) is 9.37 Å². The fourth-order valence-corrected chi connectivity index (χ4v) is 1.19. The van der Waals surface area contributed by atoms with Crippen molar-refractivity contribution < 1.29 is 9.50 Å². The molecule has 0 amide bonds. The summed E-state index contributed by atoms with van der Waals surface area (Å²) in [5.74, 6) is -0.503. The zero-order chi connectivity index (χ0) is 9.35. The Hall–Kier alpha value is -0.670. The van der Waals surface area contributed by atoms with E-state index >= 15 is 0 Å². The quantitative estimate of drug-likeness (QED) is 0.687. The first-order valence-electron chi connectivity index (χ1n) is 3.45. The Morgan fingerprint density at radius 2 is 2.17 bits per heavy atom. The third kappa shape index (κ3) is 1.93. The van der Waals surface area contributed by atoms with Crippen molar-refractivity contribution in [2.75, 3.05) is 0 Å². The van der Waals surface area contributed by atoms with Crippen LogP contribution in [0, 0.1) is 5.82 Å². The molecule has 66 valence electrons. The molecule has 0 fully saturated rings. The highest BCUT2D eigenvalue weighted by Crippen LogP contribution is 2.25. The highest BCUT2D eigenvalue weighted by molar-refractivity contribution is 6.30. The summed E-state index contributed by atoms with van der Waals surface area (Å²) in [7, 11) is 0. The molecule has 1 heterocycles. The van der Waals surface area contributed by atoms with Crippen LogP contribution in [0.3, 0.4) is 0 Å². The molecule has 1 aromatic heterocycles. The van der Waals surface area contributed by atoms with Gasteiger partial charge in [0.15, 0.2) is 0 Å². The van der Waals surface area contributed by atoms with Gasteiger partial charge in [0.05, 0.1) is 11.8 Å². The number of rotatable bonds is 1. The van der Waals surface area contributed by atoms with Crippen LogP contribution in [0.2, 0.25) is 5.15 Å². The zero-order valence-corrected chi connectivity index (χ0v) is 7.56. The Morgan fingerprint density at radius 3 is 2.58 bits per heavy atom. The molecular formula is C8H9ClFNO. The number of halogens is 2. The van der Waals surface area contributed by atoms with E-state index < -0.39 is 11.4 Å². The van der Waals surface area contributed by atoms with Crippen LogP contribution in [0.5, 0.6) is 0 Å². The highest BCUT2D eigenvalue weighted by atomic mass is 35.5. The van der Waals surface area contributed by atoms with E-state index in [2.05, 4.69) is 4.98 Å². The van der Waals surface area contributed by atoms with E-state index in [1.165, 1.54) is 19.9 Å². The molecule has 1 aromatic rings. The molecule has 0 bridgehead atoms. The van der Waals surface area contributed by atoms with Crippen LogP contribution in [-0.4, -0.2) is 10.1 Å². The largest absolute Gasteiger partial charge is 0.386 e. The molecule has 12 heavy (non-hydrogen) atoms. The van der Waals surface area contributed by atoms with Gasteiger partial charge in [0.2, 0.25) is 0 Å². The minimum absolute atomic E-state index is 0.129. The van der Waals surface area contributed by atoms with Gasteiger partial charge in [-0.05, 0) is 19.9 Å². The first-order valence-corrected chi connectivity index (χ1v) is 3.83. The minimum atomic E-state index is -1.16. The lowest BCUT2D eigenvalue weighted by Crippen LogP contribution is -2.16. The van der Waals surface area contributed by atoms with Crippen LogP contribution >= 0.6 is 11.6 Å². The molecule has 0 aliphatic heterocycles. The van der Waals surface area contributed by atoms with Crippen molar-refractivity contribution in [1.29, 1.82) is 0 Å². The van der Waals surface area contributed by atoms with Gasteiger partial charge < -0.3 is 5.11 Å². The average molecular weight is 190 g/mol. The summed E-state index contributed by atoms with van der Waals surface area (Å²) in [5.41, 5.74) is -0.865. The second-order valence-corrected chi connectivity index (χ2v) is 3.41. The lowest BCUT2D eigenvalue weighted by Gasteiger charge is -2.18. The van der Waals surface area contributed by atoms with Crippen LogP contribution in [0.1, 0.15) is 19.4 Å². The molecule has 0 saturated carbocycles. The van der Waals surface area contributed by atoms with Gasteiger partial charge in [-0.1, -0.05) is 11.6 Å². The maximum atomic E-state index is 12.6. The molecule has 2 nitrogen and oxygen atoms in total. The fourth-order valence-electron chi connectivity index (χ4n) is 0.852. The molecular weight excluding hydrogens is 181 g/mol. The van der Waals surface area contributed by atoms with Gasteiger partial charge in [0.25, 0.3) is 0 Å². The summed E-state index contributed by atoms with van der Waals surface area (Å²) in [5, 5.41) is 9.63. The molecule has 0 atom stereocenters. The van der Waals surface area contributed by atoms with Crippen molar-refractivity contribution in [3.8, 4) is 0 Å². The molecule has 0 aliphatic carbocycles. The maximum Gasteiger partial charge on any atom is 0.141 e. The summed E-state index contributed by atoms with van der Waals surface area (Å²) in [6.07, 6.45) is 1.01. The molecule has 0 radical (unpaired) electrons. The monoisotopic (exact) mass is 189 g/mol. The van der Waals surface area contributed by atoms with E-state index in [1.54, 1.807) is 0 Å². The Balaban J connectivity index is 3.23. The first-order chi connectivity index (χ1) is 5.41. The van der Waals surface area contributed by atoms with E-state index in [0.717, 1.165) is 6.20 Å². The number of aromatic nitrogens is 1. The molecule has 4 heteroatoms. The number of hydrogen-bond donors (Lipinski definition) is 1. The predicted octanol–water partition coefficient (Wildman–Crippen LogP) is 2.10. The first kappa shape index (κ1) is 9.42. The van der Waals surface area contributed by atoms with E-state index in [-0.39, 0.29) is 5.15 Å². The van der Waals surface area contributed by atoms with Gasteiger partial charge >= 0.3 is 0 Å². The molecule has 1 rings (SSSR count). The topological polar surface area (TPSA) is 33.1 Å². The van der Waals surface area contributed by atoms with Crippen LogP contribution < -0.4 is 0 Å². The van der Waals surface area contributed by atoms with E-state index in [9.17, 15) is 9.50 Å². The molecule has 0 unspecified atom stereocenters. The summed E-state index contributed by atoms with van der Waals surface area (Å²) in [6, 6.07) is 1.18. The van der Waals surface area contributed by atoms with Gasteiger partial charge in [-0.3, -0.25) is 0 Å². The maximum absolute atomic E-state index is 12.6. The Morgan fingerprint density at radius 1 is 1.58 bits per heavy atom. The summed E-state index contributed by atoms with van der Waals surface area (Å²) in [4.78, 5) is 3.58. The van der Waals surface area contributed by atoms with E-state index in [0.29, 0.717) is 5.56 Å². The molecule has 0 aliphatic rings. The second-order valence-electron chi connectivity index (χ2n) is 3.05. The molecule has 1 N–H and O–H groups in total. The van der Waals surface area contributed by atoms with Crippen LogP contribution in [0.4, 0.5) is 4.39 Å². The van der Waals surface area contributed by atoms with Crippen LogP contribution in [0.15, 0.2) is 12.3 Å². The van der Waals surface area contributed by atoms with Crippen molar-refractivity contribution in [2.24, 2.45) is 0 Å². The fraction of sp³-hybridized carbons (Fsp3) is 0.375. The molecule has 0 saturated heterocycles. The molecule has 0 aromatic carbocycles. The Bertz CT molecular complexity index is 296. The van der Waals surface area contributed by atoms with Gasteiger partial charge in [0, 0.05) is 5.56 Å². The minimum Gasteiger partial charge on any atom is -0.386 e. The smallest absolute Gasteiger partial charge is 0.141 e. The summed E-state index contributed by atoms with van der Waals surface area (Å²) < 4.78 is 12.6. The SMILES string of the molecule is CC(C)(O)c1cc(F)cnc1Cl. The predicted molar refractivity (Wildman–Crippen MR) is 44.4 cm³/mol. The van der Waals surface area contributed by atoms with Crippen molar-refractivity contribution >= 4 is 11.6 Å². The van der Waals surface area contributed by atoms with Crippen molar-refractivity contribution in [2.45, 2.75) is 19.4 Å². The third-order valence-corrected chi connectivity index (χ3v) is 1.77. The standard InChI is InChI=1S/C8H9ClFNO/c1-8(2,12)6-3-5(10)4-11-7(6)9/h3-4,12H,1-2H3. The number of pyridine rings is 1. The van der Waals surface area contributed by atoms with Crippen molar-refractivity contribution in [3.05, 3.63) is 28.8 Å². The van der Waals surface area contributed by atoms with E-state index in [4.69, 9.17) is 11.6 Å². The second kappa shape index (κ2) is 2.99.